The van der Waals surface area contributed by atoms with Crippen LogP contribution in [0.4, 0.5) is 4.39 Å². The second-order valence-corrected chi connectivity index (χ2v) is 6.35. The number of fused-ring (bicyclic) bond motifs is 2. The molecule has 0 saturated carbocycles. The molecule has 2 N–H and O–H groups in total. The number of benzene rings is 1. The minimum absolute atomic E-state index is 0. The quantitative estimate of drug-likeness (QED) is 0.875. The van der Waals surface area contributed by atoms with E-state index in [0.717, 1.165) is 25.9 Å². The summed E-state index contributed by atoms with van der Waals surface area (Å²) in [5.74, 6) is -0.362. The van der Waals surface area contributed by atoms with Gasteiger partial charge < -0.3 is 10.2 Å². The third-order valence-corrected chi connectivity index (χ3v) is 4.79. The van der Waals surface area contributed by atoms with Crippen molar-refractivity contribution in [1.82, 2.24) is 20.4 Å². The van der Waals surface area contributed by atoms with E-state index in [1.54, 1.807) is 18.3 Å². The molecule has 0 spiro atoms. The fourth-order valence-corrected chi connectivity index (χ4v) is 3.61. The number of H-pyrrole nitrogens is 1. The summed E-state index contributed by atoms with van der Waals surface area (Å²) >= 11 is 0. The van der Waals surface area contributed by atoms with Crippen LogP contribution < -0.4 is 5.32 Å². The van der Waals surface area contributed by atoms with E-state index < -0.39 is 0 Å². The number of carbonyl (C=O) groups is 1. The van der Waals surface area contributed by atoms with E-state index in [2.05, 4.69) is 15.5 Å². The molecule has 3 heterocycles. The molecule has 128 valence electrons. The monoisotopic (exact) mass is 350 g/mol. The molecule has 1 aromatic carbocycles. The summed E-state index contributed by atoms with van der Waals surface area (Å²) in [6.07, 6.45) is 4.85. The normalized spacial score (nSPS) is 22.8. The number of nitrogens with zero attached hydrogens (tertiary/aromatic N) is 2. The zero-order valence-electron chi connectivity index (χ0n) is 13.2. The summed E-state index contributed by atoms with van der Waals surface area (Å²) in [6, 6.07) is 7.13. The Morgan fingerprint density at radius 3 is 2.92 bits per heavy atom. The molecular weight excluding hydrogens is 331 g/mol. The lowest BCUT2D eigenvalue weighted by Gasteiger charge is -2.24. The summed E-state index contributed by atoms with van der Waals surface area (Å²) in [6.45, 7) is 1.48. The van der Waals surface area contributed by atoms with Crippen LogP contribution in [0.3, 0.4) is 0 Å². The molecule has 2 saturated heterocycles. The Balaban J connectivity index is 0.00000169. The van der Waals surface area contributed by atoms with Gasteiger partial charge in [-0.3, -0.25) is 9.89 Å². The molecule has 2 atom stereocenters. The Hall–Kier alpha value is -1.92. The van der Waals surface area contributed by atoms with Crippen molar-refractivity contribution in [3.63, 3.8) is 0 Å². The second kappa shape index (κ2) is 6.91. The predicted octanol–water partition coefficient (Wildman–Crippen LogP) is 2.60. The molecular formula is C17H20ClFN4O. The maximum Gasteiger partial charge on any atom is 0.257 e. The van der Waals surface area contributed by atoms with Gasteiger partial charge in [0.1, 0.15) is 5.82 Å². The van der Waals surface area contributed by atoms with Gasteiger partial charge in [-0.2, -0.15) is 5.10 Å². The first-order valence-corrected chi connectivity index (χ1v) is 8.05. The first kappa shape index (κ1) is 16.9. The maximum absolute atomic E-state index is 13.5. The van der Waals surface area contributed by atoms with Crippen LogP contribution in [0.2, 0.25) is 0 Å². The highest BCUT2D eigenvalue weighted by Crippen LogP contribution is 2.25. The number of aromatic amines is 1. The van der Waals surface area contributed by atoms with Gasteiger partial charge >= 0.3 is 0 Å². The predicted molar refractivity (Wildman–Crippen MR) is 91.7 cm³/mol. The largest absolute Gasteiger partial charge is 0.337 e. The third-order valence-electron chi connectivity index (χ3n) is 4.79. The van der Waals surface area contributed by atoms with E-state index in [1.807, 2.05) is 4.90 Å². The van der Waals surface area contributed by atoms with Gasteiger partial charge in [-0.05, 0) is 31.4 Å². The molecule has 7 heteroatoms. The molecule has 2 aromatic rings. The van der Waals surface area contributed by atoms with Gasteiger partial charge in [-0.15, -0.1) is 12.4 Å². The summed E-state index contributed by atoms with van der Waals surface area (Å²) in [5.41, 5.74) is 1.73. The molecule has 2 fully saturated rings. The molecule has 2 aliphatic heterocycles. The number of halogens is 2. The van der Waals surface area contributed by atoms with E-state index in [0.29, 0.717) is 28.9 Å². The van der Waals surface area contributed by atoms with Crippen molar-refractivity contribution in [1.29, 1.82) is 0 Å². The van der Waals surface area contributed by atoms with Crippen LogP contribution in [0.1, 0.15) is 29.6 Å². The van der Waals surface area contributed by atoms with Crippen LogP contribution in [0, 0.1) is 5.82 Å². The lowest BCUT2D eigenvalue weighted by atomic mass is 10.1. The summed E-state index contributed by atoms with van der Waals surface area (Å²) in [7, 11) is 0. The Labute approximate surface area is 146 Å². The average Bonchev–Trinajstić information content (AvgIpc) is 3.13. The van der Waals surface area contributed by atoms with E-state index in [4.69, 9.17) is 0 Å². The van der Waals surface area contributed by atoms with Crippen molar-refractivity contribution in [3.8, 4) is 11.3 Å². The number of likely N-dealkylation sites (tertiary alicyclic amines) is 1. The number of hydrogen-bond donors (Lipinski definition) is 2. The van der Waals surface area contributed by atoms with E-state index in [1.165, 1.54) is 18.6 Å². The highest BCUT2D eigenvalue weighted by molar-refractivity contribution is 5.99. The van der Waals surface area contributed by atoms with Crippen LogP contribution in [0.15, 0.2) is 30.5 Å². The van der Waals surface area contributed by atoms with Gasteiger partial charge in [-0.1, -0.05) is 12.1 Å². The average molecular weight is 351 g/mol. The smallest absolute Gasteiger partial charge is 0.257 e. The number of carbonyl (C=O) groups excluding carboxylic acids is 1. The minimum Gasteiger partial charge on any atom is -0.337 e. The van der Waals surface area contributed by atoms with E-state index >= 15 is 0 Å². The molecule has 24 heavy (non-hydrogen) atoms. The van der Waals surface area contributed by atoms with Crippen LogP contribution in [-0.2, 0) is 0 Å². The highest BCUT2D eigenvalue weighted by atomic mass is 35.5. The minimum atomic E-state index is -0.327. The number of aromatic nitrogens is 2. The van der Waals surface area contributed by atoms with E-state index in [9.17, 15) is 9.18 Å². The zero-order chi connectivity index (χ0) is 15.8. The zero-order valence-corrected chi connectivity index (χ0v) is 14.0. The topological polar surface area (TPSA) is 61.0 Å². The molecule has 2 aliphatic rings. The van der Waals surface area contributed by atoms with Crippen molar-refractivity contribution < 1.29 is 9.18 Å². The summed E-state index contributed by atoms with van der Waals surface area (Å²) in [4.78, 5) is 14.8. The van der Waals surface area contributed by atoms with Gasteiger partial charge in [0.15, 0.2) is 0 Å². The molecule has 1 aromatic heterocycles. The highest BCUT2D eigenvalue weighted by Gasteiger charge is 2.32. The van der Waals surface area contributed by atoms with Crippen molar-refractivity contribution in [2.24, 2.45) is 0 Å². The fraction of sp³-hybridized carbons (Fsp3) is 0.412. The first-order valence-electron chi connectivity index (χ1n) is 8.05. The molecule has 0 radical (unpaired) electrons. The Morgan fingerprint density at radius 1 is 1.25 bits per heavy atom. The van der Waals surface area contributed by atoms with Crippen LogP contribution in [-0.4, -0.2) is 46.2 Å². The SMILES string of the molecule is Cl.O=C(c1cn[nH]c1-c1cccc(F)c1)N1CC[C@H]2CC[C@@H](C1)N2. The lowest BCUT2D eigenvalue weighted by molar-refractivity contribution is 0.0749. The number of hydrogen-bond acceptors (Lipinski definition) is 3. The fourth-order valence-electron chi connectivity index (χ4n) is 3.61. The van der Waals surface area contributed by atoms with Crippen molar-refractivity contribution in [3.05, 3.63) is 41.8 Å². The Kier molecular flexibility index (Phi) is 4.87. The van der Waals surface area contributed by atoms with Gasteiger partial charge in [0, 0.05) is 30.7 Å². The third kappa shape index (κ3) is 3.16. The number of nitrogens with one attached hydrogen (secondary N) is 2. The summed E-state index contributed by atoms with van der Waals surface area (Å²) in [5, 5.41) is 10.4. The van der Waals surface area contributed by atoms with Gasteiger partial charge in [0.05, 0.1) is 17.5 Å². The summed E-state index contributed by atoms with van der Waals surface area (Å²) < 4.78 is 13.5. The van der Waals surface area contributed by atoms with Crippen molar-refractivity contribution in [2.75, 3.05) is 13.1 Å². The molecule has 5 nitrogen and oxygen atoms in total. The molecule has 0 aliphatic carbocycles. The van der Waals surface area contributed by atoms with Crippen LogP contribution in [0.25, 0.3) is 11.3 Å². The molecule has 2 bridgehead atoms. The number of amides is 1. The van der Waals surface area contributed by atoms with Gasteiger partial charge in [-0.25, -0.2) is 4.39 Å². The van der Waals surface area contributed by atoms with Crippen molar-refractivity contribution in [2.45, 2.75) is 31.3 Å². The van der Waals surface area contributed by atoms with Gasteiger partial charge in [0.2, 0.25) is 0 Å². The van der Waals surface area contributed by atoms with Crippen molar-refractivity contribution >= 4 is 18.3 Å². The Morgan fingerprint density at radius 2 is 2.08 bits per heavy atom. The number of rotatable bonds is 2. The maximum atomic E-state index is 13.5. The van der Waals surface area contributed by atoms with E-state index in [-0.39, 0.29) is 24.1 Å². The lowest BCUT2D eigenvalue weighted by Crippen LogP contribution is -2.39. The standard InChI is InChI=1S/C17H19FN4O.ClH/c18-12-3-1-2-11(8-12)16-15(9-19-21-16)17(23)22-7-6-13-4-5-14(10-22)20-13;/h1-3,8-9,13-14,20H,4-7,10H2,(H,19,21);1H/t13-,14+;/m1./s1. The molecule has 4 rings (SSSR count). The second-order valence-electron chi connectivity index (χ2n) is 6.35. The molecule has 1 amide bonds. The van der Waals surface area contributed by atoms with Crippen LogP contribution >= 0.6 is 12.4 Å². The molecule has 0 unspecified atom stereocenters. The van der Waals surface area contributed by atoms with Gasteiger partial charge in [0.25, 0.3) is 5.91 Å². The van der Waals surface area contributed by atoms with Crippen LogP contribution in [0.5, 0.6) is 0 Å². The Bertz CT molecular complexity index is 735. The first-order chi connectivity index (χ1) is 11.2.